The Bertz CT molecular complexity index is 1720. The molecule has 16 heteroatoms. The van der Waals surface area contributed by atoms with E-state index in [4.69, 9.17) is 4.74 Å². The number of hydrogen-bond donors (Lipinski definition) is 4. The molecule has 276 valence electrons. The summed E-state index contributed by atoms with van der Waals surface area (Å²) in [6.07, 6.45) is 2.42. The first kappa shape index (κ1) is 39.0. The summed E-state index contributed by atoms with van der Waals surface area (Å²) < 4.78 is 5.31. The number of carbonyl (C=O) groups excluding carboxylic acids is 6. The van der Waals surface area contributed by atoms with E-state index >= 15 is 0 Å². The predicted molar refractivity (Wildman–Crippen MR) is 192 cm³/mol. The average molecular weight is 725 g/mol. The third kappa shape index (κ3) is 10.6. The van der Waals surface area contributed by atoms with Crippen LogP contribution in [0.25, 0.3) is 10.9 Å². The van der Waals surface area contributed by atoms with Gasteiger partial charge in [0, 0.05) is 62.7 Å². The lowest BCUT2D eigenvalue weighted by molar-refractivity contribution is -0.141. The second kappa shape index (κ2) is 17.9. The van der Waals surface area contributed by atoms with Gasteiger partial charge in [-0.1, -0.05) is 32.0 Å². The minimum atomic E-state index is -1.06. The molecule has 0 aliphatic carbocycles. The lowest BCUT2D eigenvalue weighted by Gasteiger charge is -2.28. The molecule has 0 saturated carbocycles. The molecule has 1 aliphatic rings. The summed E-state index contributed by atoms with van der Waals surface area (Å²) in [5.74, 6) is -2.82. The van der Waals surface area contributed by atoms with Gasteiger partial charge < -0.3 is 40.4 Å². The zero-order valence-electron chi connectivity index (χ0n) is 30.0. The van der Waals surface area contributed by atoms with E-state index in [2.05, 4.69) is 25.9 Å². The number of amides is 6. The smallest absolute Gasteiger partial charge is 0.271 e. The summed E-state index contributed by atoms with van der Waals surface area (Å²) in [7, 11) is 3.00. The van der Waals surface area contributed by atoms with Gasteiger partial charge in [-0.25, -0.2) is 4.98 Å². The van der Waals surface area contributed by atoms with E-state index in [0.29, 0.717) is 18.0 Å². The Balaban J connectivity index is 1.67. The summed E-state index contributed by atoms with van der Waals surface area (Å²) in [5, 5.41) is 11.4. The molecule has 15 nitrogen and oxygen atoms in total. The number of benzene rings is 1. The number of fused-ring (bicyclic) bond motifs is 3. The van der Waals surface area contributed by atoms with Gasteiger partial charge in [-0.05, 0) is 37.8 Å². The number of ether oxygens (including phenoxy) is 1. The maximum absolute atomic E-state index is 13.9. The van der Waals surface area contributed by atoms with Crippen molar-refractivity contribution in [3.63, 3.8) is 0 Å². The molecule has 3 aromatic rings. The Morgan fingerprint density at radius 1 is 0.961 bits per heavy atom. The van der Waals surface area contributed by atoms with E-state index in [1.54, 1.807) is 18.5 Å². The van der Waals surface area contributed by atoms with Crippen molar-refractivity contribution in [3.05, 3.63) is 52.1 Å². The van der Waals surface area contributed by atoms with Gasteiger partial charge in [0.05, 0.1) is 19.1 Å². The van der Waals surface area contributed by atoms with Crippen LogP contribution >= 0.6 is 11.3 Å². The van der Waals surface area contributed by atoms with Gasteiger partial charge in [-0.3, -0.25) is 28.8 Å². The highest BCUT2D eigenvalue weighted by molar-refractivity contribution is 7.09. The number of H-pyrrole nitrogens is 1. The van der Waals surface area contributed by atoms with E-state index in [0.717, 1.165) is 16.5 Å². The SMILES string of the molecule is CCOCC(=O)N1CCN(C)C(=O)[C@H](C)NC(=O)CN(C)C(=O)[C@@H](Cc2c[nH]c3ccccc23)NC(=O)c2csc(n2)[C@H](CC(C)C)NC(=O)C1. The lowest BCUT2D eigenvalue weighted by Crippen LogP contribution is -2.53. The maximum Gasteiger partial charge on any atom is 0.271 e. The molecule has 4 N–H and O–H groups in total. The summed E-state index contributed by atoms with van der Waals surface area (Å²) in [6.45, 7) is 6.80. The highest BCUT2D eigenvalue weighted by atomic mass is 32.1. The van der Waals surface area contributed by atoms with Gasteiger partial charge in [0.25, 0.3) is 5.91 Å². The predicted octanol–water partition coefficient (Wildman–Crippen LogP) is 1.47. The Hall–Kier alpha value is -4.83. The molecule has 0 spiro atoms. The third-order valence-electron chi connectivity index (χ3n) is 8.50. The quantitative estimate of drug-likeness (QED) is 0.282. The van der Waals surface area contributed by atoms with Crippen LogP contribution in [0, 0.1) is 5.92 Å². The number of rotatable bonds is 7. The van der Waals surface area contributed by atoms with Gasteiger partial charge in [0.1, 0.15) is 29.4 Å². The first-order valence-corrected chi connectivity index (χ1v) is 17.9. The van der Waals surface area contributed by atoms with Crippen LogP contribution in [0.3, 0.4) is 0 Å². The Kier molecular flexibility index (Phi) is 13.7. The fourth-order valence-corrected chi connectivity index (χ4v) is 6.67. The number of likely N-dealkylation sites (N-methyl/N-ethyl adjacent to an activating group) is 2. The second-order valence-corrected chi connectivity index (χ2v) is 14.0. The number of aromatic nitrogens is 2. The number of para-hydroxylation sites is 1. The molecule has 0 unspecified atom stereocenters. The average Bonchev–Trinajstić information content (AvgIpc) is 3.75. The topological polar surface area (TPSA) is 186 Å². The van der Waals surface area contributed by atoms with Crippen molar-refractivity contribution in [2.45, 2.75) is 58.7 Å². The highest BCUT2D eigenvalue weighted by Gasteiger charge is 2.30. The normalized spacial score (nSPS) is 20.6. The zero-order chi connectivity index (χ0) is 37.2. The van der Waals surface area contributed by atoms with E-state index in [1.807, 2.05) is 38.1 Å². The molecule has 2 bridgehead atoms. The van der Waals surface area contributed by atoms with Crippen LogP contribution in [0.4, 0.5) is 0 Å². The van der Waals surface area contributed by atoms with Crippen molar-refractivity contribution < 1.29 is 33.5 Å². The second-order valence-electron chi connectivity index (χ2n) is 13.1. The van der Waals surface area contributed by atoms with Crippen molar-refractivity contribution in [1.29, 1.82) is 0 Å². The Morgan fingerprint density at radius 3 is 2.41 bits per heavy atom. The van der Waals surface area contributed by atoms with Crippen molar-refractivity contribution in [2.24, 2.45) is 5.92 Å². The molecular weight excluding hydrogens is 677 g/mol. The fourth-order valence-electron chi connectivity index (χ4n) is 5.80. The van der Waals surface area contributed by atoms with Crippen molar-refractivity contribution in [1.82, 2.24) is 40.6 Å². The number of thiazole rings is 1. The number of carbonyl (C=O) groups is 6. The largest absolute Gasteiger partial charge is 0.372 e. The summed E-state index contributed by atoms with van der Waals surface area (Å²) >= 11 is 1.20. The number of aromatic amines is 1. The van der Waals surface area contributed by atoms with Crippen LogP contribution in [0.2, 0.25) is 0 Å². The minimum Gasteiger partial charge on any atom is -0.372 e. The molecule has 6 amide bonds. The summed E-state index contributed by atoms with van der Waals surface area (Å²) in [4.78, 5) is 91.9. The van der Waals surface area contributed by atoms with E-state index in [9.17, 15) is 28.8 Å². The maximum atomic E-state index is 13.9. The van der Waals surface area contributed by atoms with E-state index in [-0.39, 0.29) is 50.8 Å². The molecule has 1 aliphatic heterocycles. The van der Waals surface area contributed by atoms with Crippen molar-refractivity contribution in [2.75, 3.05) is 53.5 Å². The molecule has 0 radical (unpaired) electrons. The van der Waals surface area contributed by atoms with Crippen LogP contribution in [-0.4, -0.2) is 126 Å². The van der Waals surface area contributed by atoms with Gasteiger partial charge in [-0.2, -0.15) is 0 Å². The number of nitrogens with zero attached hydrogens (tertiary/aromatic N) is 4. The van der Waals surface area contributed by atoms with Gasteiger partial charge in [0.15, 0.2) is 0 Å². The zero-order valence-corrected chi connectivity index (χ0v) is 30.8. The molecule has 0 saturated heterocycles. The molecule has 51 heavy (non-hydrogen) atoms. The van der Waals surface area contributed by atoms with E-state index < -0.39 is 53.6 Å². The Morgan fingerprint density at radius 2 is 1.69 bits per heavy atom. The van der Waals surface area contributed by atoms with Crippen LogP contribution in [0.15, 0.2) is 35.8 Å². The molecule has 0 fully saturated rings. The van der Waals surface area contributed by atoms with Crippen LogP contribution in [-0.2, 0) is 35.1 Å². The molecular formula is C35H48N8O7S. The fraction of sp³-hybridized carbons (Fsp3) is 0.514. The first-order valence-electron chi connectivity index (χ1n) is 17.0. The first-order chi connectivity index (χ1) is 24.3. The highest BCUT2D eigenvalue weighted by Crippen LogP contribution is 2.25. The summed E-state index contributed by atoms with van der Waals surface area (Å²) in [6, 6.07) is 5.02. The van der Waals surface area contributed by atoms with Crippen LogP contribution in [0.5, 0.6) is 0 Å². The molecule has 3 atom stereocenters. The molecule has 1 aromatic carbocycles. The number of hydrogen-bond acceptors (Lipinski definition) is 9. The molecule has 4 rings (SSSR count). The van der Waals surface area contributed by atoms with Crippen molar-refractivity contribution >= 4 is 57.7 Å². The van der Waals surface area contributed by atoms with Crippen molar-refractivity contribution in [3.8, 4) is 0 Å². The van der Waals surface area contributed by atoms with Gasteiger partial charge in [-0.15, -0.1) is 11.3 Å². The third-order valence-corrected chi connectivity index (χ3v) is 9.46. The standard InChI is InChI=1S/C35H48N8O7S/c1-7-50-19-31(46)43-13-12-41(5)34(48)22(4)37-29(44)17-42(6)35(49)27(15-23-16-36-25-11-9-8-10-24(23)25)39-32(47)28-20-51-33(40-28)26(14-21(2)3)38-30(45)18-43/h8-11,16,20-22,26-27,36H,7,12-15,17-19H2,1-6H3,(H,37,44)(H,38,45)(H,39,47)/t22-,26-,27+/m0/s1. The van der Waals surface area contributed by atoms with E-state index in [1.165, 1.54) is 47.1 Å². The van der Waals surface area contributed by atoms with Gasteiger partial charge >= 0.3 is 0 Å². The molecule has 2 aromatic heterocycles. The molecule has 3 heterocycles. The number of nitrogens with one attached hydrogen (secondary N) is 4. The van der Waals surface area contributed by atoms with Crippen LogP contribution in [0.1, 0.15) is 61.2 Å². The Labute approximate surface area is 301 Å². The lowest BCUT2D eigenvalue weighted by atomic mass is 10.0. The van der Waals surface area contributed by atoms with Gasteiger partial charge in [0.2, 0.25) is 29.5 Å². The monoisotopic (exact) mass is 724 g/mol. The summed E-state index contributed by atoms with van der Waals surface area (Å²) in [5.41, 5.74) is 1.74. The minimum absolute atomic E-state index is 0.0354. The van der Waals surface area contributed by atoms with Crippen LogP contribution < -0.4 is 16.0 Å².